The number of aromatic nitrogens is 2. The van der Waals surface area contributed by atoms with E-state index in [1.54, 1.807) is 30.5 Å². The summed E-state index contributed by atoms with van der Waals surface area (Å²) in [4.78, 5) is 11.1. The first-order valence-corrected chi connectivity index (χ1v) is 11.3. The normalized spacial score (nSPS) is 17.6. The van der Waals surface area contributed by atoms with Crippen molar-refractivity contribution in [2.75, 3.05) is 19.7 Å². The molecule has 0 saturated carbocycles. The zero-order valence-corrected chi connectivity index (χ0v) is 18.0. The first kappa shape index (κ1) is 20.3. The first-order valence-electron chi connectivity index (χ1n) is 11.3. The van der Waals surface area contributed by atoms with Crippen LogP contribution in [0.2, 0.25) is 0 Å². The van der Waals surface area contributed by atoms with Crippen molar-refractivity contribution in [2.24, 2.45) is 0 Å². The number of hydrogen-bond donors (Lipinski definition) is 1. The molecule has 0 atom stereocenters. The highest BCUT2D eigenvalue weighted by atomic mass is 19.1. The minimum absolute atomic E-state index is 0.0384. The summed E-state index contributed by atoms with van der Waals surface area (Å²) in [6.07, 6.45) is 6.05. The molecule has 4 aromatic rings. The van der Waals surface area contributed by atoms with E-state index in [0.29, 0.717) is 17.4 Å². The van der Waals surface area contributed by atoms with Gasteiger partial charge in [0.05, 0.1) is 5.54 Å². The van der Waals surface area contributed by atoms with Crippen LogP contribution in [0, 0.1) is 11.6 Å². The lowest BCUT2D eigenvalue weighted by molar-refractivity contribution is 0.108. The minimum Gasteiger partial charge on any atom is -0.508 e. The number of ether oxygens (including phenoxy) is 1. The fourth-order valence-electron chi connectivity index (χ4n) is 5.56. The summed E-state index contributed by atoms with van der Waals surface area (Å²) in [5, 5.41) is 11.4. The van der Waals surface area contributed by atoms with Crippen LogP contribution < -0.4 is 4.74 Å². The van der Waals surface area contributed by atoms with Gasteiger partial charge in [-0.3, -0.25) is 4.90 Å². The molecule has 0 spiro atoms. The lowest BCUT2D eigenvalue weighted by atomic mass is 9.95. The van der Waals surface area contributed by atoms with E-state index in [-0.39, 0.29) is 39.3 Å². The molecular weight excluding hydrogens is 424 g/mol. The van der Waals surface area contributed by atoms with Crippen LogP contribution in [0.1, 0.15) is 25.7 Å². The van der Waals surface area contributed by atoms with Crippen LogP contribution in [-0.4, -0.2) is 45.2 Å². The van der Waals surface area contributed by atoms with Crippen LogP contribution in [-0.2, 0) is 0 Å². The zero-order valence-electron chi connectivity index (χ0n) is 18.0. The van der Waals surface area contributed by atoms with Crippen LogP contribution in [0.3, 0.4) is 0 Å². The van der Waals surface area contributed by atoms with Crippen molar-refractivity contribution >= 4 is 21.7 Å². The van der Waals surface area contributed by atoms with Crippen LogP contribution in [0.4, 0.5) is 8.78 Å². The van der Waals surface area contributed by atoms with Crippen LogP contribution in [0.15, 0.2) is 48.7 Å². The highest BCUT2D eigenvalue weighted by Gasteiger charge is 2.45. The van der Waals surface area contributed by atoms with Gasteiger partial charge in [0.15, 0.2) is 5.82 Å². The lowest BCUT2D eigenvalue weighted by Crippen LogP contribution is -2.43. The lowest BCUT2D eigenvalue weighted by Gasteiger charge is -2.31. The van der Waals surface area contributed by atoms with Crippen molar-refractivity contribution in [3.63, 3.8) is 0 Å². The molecule has 2 saturated heterocycles. The van der Waals surface area contributed by atoms with E-state index in [2.05, 4.69) is 14.9 Å². The molecular formula is C26H23F2N3O2. The number of benzene rings is 3. The van der Waals surface area contributed by atoms with Gasteiger partial charge < -0.3 is 9.84 Å². The smallest absolute Gasteiger partial charge is 0.317 e. The maximum absolute atomic E-state index is 15.7. The molecule has 1 N–H and O–H groups in total. The molecule has 1 aromatic heterocycles. The second-order valence-electron chi connectivity index (χ2n) is 9.06. The molecule has 3 heterocycles. The predicted octanol–water partition coefficient (Wildman–Crippen LogP) is 5.44. The monoisotopic (exact) mass is 447 g/mol. The first-order chi connectivity index (χ1) is 16.0. The van der Waals surface area contributed by atoms with Gasteiger partial charge in [-0.05, 0) is 67.9 Å². The van der Waals surface area contributed by atoms with E-state index < -0.39 is 11.6 Å². The Morgan fingerprint density at radius 1 is 1.00 bits per heavy atom. The Morgan fingerprint density at radius 3 is 2.64 bits per heavy atom. The maximum Gasteiger partial charge on any atom is 0.317 e. The van der Waals surface area contributed by atoms with Crippen molar-refractivity contribution in [1.29, 1.82) is 0 Å². The molecule has 2 fully saturated rings. The molecule has 168 valence electrons. The molecule has 33 heavy (non-hydrogen) atoms. The average molecular weight is 447 g/mol. The van der Waals surface area contributed by atoms with E-state index in [1.165, 1.54) is 18.2 Å². The van der Waals surface area contributed by atoms with Crippen molar-refractivity contribution in [3.8, 4) is 22.9 Å². The molecule has 0 radical (unpaired) electrons. The van der Waals surface area contributed by atoms with Crippen molar-refractivity contribution < 1.29 is 18.6 Å². The number of halogens is 2. The molecule has 0 bridgehead atoms. The van der Waals surface area contributed by atoms with Crippen molar-refractivity contribution in [3.05, 3.63) is 60.3 Å². The number of fused-ring (bicyclic) bond motifs is 3. The molecule has 2 aliphatic rings. The Morgan fingerprint density at radius 2 is 1.82 bits per heavy atom. The fourth-order valence-corrected chi connectivity index (χ4v) is 5.56. The maximum atomic E-state index is 15.7. The molecule has 0 unspecified atom stereocenters. The SMILES string of the molecule is Oc1cc(-c2ccc3cnc(OCC45CCCN4CCC5)nc3c2F)c2c(F)cccc2c1. The van der Waals surface area contributed by atoms with Gasteiger partial charge in [-0.2, -0.15) is 4.98 Å². The largest absolute Gasteiger partial charge is 0.508 e. The van der Waals surface area contributed by atoms with Gasteiger partial charge in [-0.25, -0.2) is 13.8 Å². The fraction of sp³-hybridized carbons (Fsp3) is 0.308. The molecule has 3 aromatic carbocycles. The number of aromatic hydroxyl groups is 1. The van der Waals surface area contributed by atoms with Crippen molar-refractivity contribution in [1.82, 2.24) is 14.9 Å². The third-order valence-corrected chi connectivity index (χ3v) is 7.15. The summed E-state index contributed by atoms with van der Waals surface area (Å²) >= 11 is 0. The topological polar surface area (TPSA) is 58.5 Å². The number of nitrogens with zero attached hydrogens (tertiary/aromatic N) is 3. The van der Waals surface area contributed by atoms with E-state index in [1.807, 2.05) is 0 Å². The highest BCUT2D eigenvalue weighted by molar-refractivity contribution is 6.00. The summed E-state index contributed by atoms with van der Waals surface area (Å²) < 4.78 is 36.4. The van der Waals surface area contributed by atoms with Gasteiger partial charge in [-0.1, -0.05) is 24.3 Å². The molecule has 7 heteroatoms. The van der Waals surface area contributed by atoms with E-state index in [9.17, 15) is 9.50 Å². The number of phenolic OH excluding ortho intramolecular Hbond substituents is 1. The minimum atomic E-state index is -0.601. The summed E-state index contributed by atoms with van der Waals surface area (Å²) in [5.74, 6) is -1.15. The molecule has 0 amide bonds. The number of phenols is 1. The third-order valence-electron chi connectivity index (χ3n) is 7.15. The summed E-state index contributed by atoms with van der Waals surface area (Å²) in [6, 6.07) is 10.8. The van der Waals surface area contributed by atoms with Crippen LogP contribution in [0.5, 0.6) is 11.8 Å². The summed E-state index contributed by atoms with van der Waals surface area (Å²) in [7, 11) is 0. The molecule has 6 rings (SSSR count). The number of rotatable bonds is 4. The standard InChI is InChI=1S/C26H23F2N3O2/c27-21-5-1-4-16-12-18(32)13-20(22(16)21)19-7-6-17-14-29-25(30-24(17)23(19)28)33-15-26-8-2-10-31(26)11-3-9-26/h1,4-7,12-14,32H,2-3,8-11,15H2. The van der Waals surface area contributed by atoms with E-state index >= 15 is 4.39 Å². The van der Waals surface area contributed by atoms with E-state index in [0.717, 1.165) is 38.8 Å². The zero-order chi connectivity index (χ0) is 22.6. The Bertz CT molecular complexity index is 1380. The van der Waals surface area contributed by atoms with E-state index in [4.69, 9.17) is 4.74 Å². The Hall–Kier alpha value is -3.32. The molecule has 2 aliphatic heterocycles. The van der Waals surface area contributed by atoms with Crippen LogP contribution in [0.25, 0.3) is 32.8 Å². The van der Waals surface area contributed by atoms with Crippen LogP contribution >= 0.6 is 0 Å². The van der Waals surface area contributed by atoms with Gasteiger partial charge in [0.25, 0.3) is 0 Å². The number of hydrogen-bond acceptors (Lipinski definition) is 5. The van der Waals surface area contributed by atoms with Gasteiger partial charge >= 0.3 is 6.01 Å². The molecule has 0 aliphatic carbocycles. The summed E-state index contributed by atoms with van der Waals surface area (Å²) in [6.45, 7) is 2.67. The second-order valence-corrected chi connectivity index (χ2v) is 9.06. The Labute approximate surface area is 189 Å². The van der Waals surface area contributed by atoms with Gasteiger partial charge in [0, 0.05) is 22.5 Å². The Balaban J connectivity index is 1.41. The third kappa shape index (κ3) is 3.30. The second kappa shape index (κ2) is 7.63. The predicted molar refractivity (Wildman–Crippen MR) is 122 cm³/mol. The van der Waals surface area contributed by atoms with Gasteiger partial charge in [0.2, 0.25) is 0 Å². The molecule has 5 nitrogen and oxygen atoms in total. The summed E-state index contributed by atoms with van der Waals surface area (Å²) in [5.41, 5.74) is 0.582. The van der Waals surface area contributed by atoms with Crippen molar-refractivity contribution in [2.45, 2.75) is 31.2 Å². The van der Waals surface area contributed by atoms with Gasteiger partial charge in [-0.15, -0.1) is 0 Å². The average Bonchev–Trinajstić information content (AvgIpc) is 3.38. The van der Waals surface area contributed by atoms with Gasteiger partial charge in [0.1, 0.15) is 23.7 Å². The highest BCUT2D eigenvalue weighted by Crippen LogP contribution is 2.40. The quantitative estimate of drug-likeness (QED) is 0.451. The Kier molecular flexibility index (Phi) is 4.69.